The standard InChI is InChI=1S/C67H81N11O14S/c1-42-31-33-46(34-32-42)93(88,89)76-64(68)69-36-18-28-51(73-56(80)39-71-60(82)54-38-49-47-24-12-14-26-50(47)74-57(49)58(48-25-13-15-30-55(48)79)78(54)66(87)92-67(3,4)5)62(84)77-37-19-29-53(77)61(83)72-43(2)59(81)75-52(63(85)90-40-44-20-8-6-9-21-44)27-16-17-35-70-65(86)91-41-45-22-10-7-11-23-45/h6-15,20-26,30-34,43,51-54,58,74,79H,16-19,27-29,35-41H2,1-5H3,(H,70,86)(H,71,82)(H,72,83)(H,73,80)(H,75,81)(H3,68,69,76)/t43-,51-,52-,53-,54-,58+/m0/s1. The average molecular weight is 1300 g/mol. The van der Waals surface area contributed by atoms with Crippen molar-refractivity contribution in [3.05, 3.63) is 167 Å². The maximum absolute atomic E-state index is 14.8. The molecule has 0 radical (unpaired) electrons. The first-order valence-electron chi connectivity index (χ1n) is 30.9. The largest absolute Gasteiger partial charge is 0.508 e. The van der Waals surface area contributed by atoms with Crippen LogP contribution in [0.2, 0.25) is 0 Å². The van der Waals surface area contributed by atoms with E-state index in [2.05, 4.69) is 41.3 Å². The number of rotatable bonds is 26. The number of phenolic OH excluding ortho intramolecular Hbond substituents is 1. The number of fused-ring (bicyclic) bond motifs is 3. The number of guanidine groups is 1. The highest BCUT2D eigenvalue weighted by atomic mass is 32.2. The maximum atomic E-state index is 14.8. The van der Waals surface area contributed by atoms with Gasteiger partial charge in [0.1, 0.15) is 60.8 Å². The van der Waals surface area contributed by atoms with E-state index in [1.807, 2.05) is 60.7 Å². The number of aryl methyl sites for hydroxylation is 1. The third-order valence-electron chi connectivity index (χ3n) is 15.6. The summed E-state index contributed by atoms with van der Waals surface area (Å²) >= 11 is 0. The summed E-state index contributed by atoms with van der Waals surface area (Å²) in [6, 6.07) is 30.7. The number of para-hydroxylation sites is 2. The van der Waals surface area contributed by atoms with Crippen molar-refractivity contribution in [3.8, 4) is 5.75 Å². The van der Waals surface area contributed by atoms with Gasteiger partial charge in [-0.25, -0.2) is 27.5 Å². The number of unbranched alkanes of at least 4 members (excludes halogenated alkanes) is 1. The van der Waals surface area contributed by atoms with Gasteiger partial charge >= 0.3 is 18.2 Å². The molecule has 6 atom stereocenters. The van der Waals surface area contributed by atoms with E-state index in [9.17, 15) is 51.9 Å². The molecule has 1 fully saturated rings. The van der Waals surface area contributed by atoms with Crippen molar-refractivity contribution in [2.24, 2.45) is 10.7 Å². The van der Waals surface area contributed by atoms with Crippen LogP contribution in [0.4, 0.5) is 9.59 Å². The zero-order valence-corrected chi connectivity index (χ0v) is 53.5. The molecular weight excluding hydrogens is 1210 g/mol. The highest BCUT2D eigenvalue weighted by Crippen LogP contribution is 2.44. The second-order valence-electron chi connectivity index (χ2n) is 23.9. The number of nitrogens with zero attached hydrogens (tertiary/aromatic N) is 3. The number of amides is 7. The second-order valence-corrected chi connectivity index (χ2v) is 25.5. The summed E-state index contributed by atoms with van der Waals surface area (Å²) in [5.41, 5.74) is 9.65. The number of alkyl carbamates (subject to hydrolysis) is 1. The highest BCUT2D eigenvalue weighted by molar-refractivity contribution is 7.90. The molecule has 494 valence electrons. The number of hydrogen-bond acceptors (Lipinski definition) is 15. The van der Waals surface area contributed by atoms with Crippen LogP contribution in [0.5, 0.6) is 5.75 Å². The van der Waals surface area contributed by atoms with Gasteiger partial charge in [0.25, 0.3) is 10.0 Å². The number of aromatic nitrogens is 1. The van der Waals surface area contributed by atoms with Crippen LogP contribution in [0.1, 0.15) is 112 Å². The number of ether oxygens (including phenoxy) is 3. The van der Waals surface area contributed by atoms with E-state index in [-0.39, 0.29) is 75.6 Å². The minimum atomic E-state index is -4.11. The van der Waals surface area contributed by atoms with Crippen LogP contribution in [-0.4, -0.2) is 144 Å². The third kappa shape index (κ3) is 19.1. The fourth-order valence-corrected chi connectivity index (χ4v) is 11.9. The number of sulfonamides is 1. The predicted molar refractivity (Wildman–Crippen MR) is 345 cm³/mol. The Morgan fingerprint density at radius 1 is 0.742 bits per heavy atom. The monoisotopic (exact) mass is 1300 g/mol. The molecule has 2 aliphatic heterocycles. The molecule has 25 nitrogen and oxygen atoms in total. The summed E-state index contributed by atoms with van der Waals surface area (Å²) in [5, 5.41) is 25.5. The normalized spacial score (nSPS) is 16.6. The van der Waals surface area contributed by atoms with Gasteiger partial charge in [0.05, 0.1) is 11.4 Å². The predicted octanol–water partition coefficient (Wildman–Crippen LogP) is 5.93. The number of nitrogens with one attached hydrogen (secondary N) is 7. The van der Waals surface area contributed by atoms with Gasteiger partial charge in [-0.2, -0.15) is 0 Å². The quantitative estimate of drug-likeness (QED) is 0.00999. The van der Waals surface area contributed by atoms with E-state index in [1.165, 1.54) is 34.9 Å². The van der Waals surface area contributed by atoms with Crippen LogP contribution in [-0.2, 0) is 72.6 Å². The number of carbonyl (C=O) groups excluding carboxylic acids is 8. The lowest BCUT2D eigenvalue weighted by atomic mass is 9.87. The van der Waals surface area contributed by atoms with E-state index in [1.54, 1.807) is 82.3 Å². The number of aliphatic imine (C=N–C) groups is 1. The molecule has 0 aliphatic carbocycles. The topological polar surface area (TPSA) is 351 Å². The molecule has 0 spiro atoms. The number of H-pyrrole nitrogens is 1. The molecular formula is C67H81N11O14S. The average Bonchev–Trinajstić information content (AvgIpc) is 1.66. The first-order valence-corrected chi connectivity index (χ1v) is 32.4. The molecule has 3 heterocycles. The zero-order chi connectivity index (χ0) is 66.8. The molecule has 6 aromatic rings. The third-order valence-corrected chi connectivity index (χ3v) is 17.0. The van der Waals surface area contributed by atoms with Crippen LogP contribution in [0.3, 0.4) is 0 Å². The first-order chi connectivity index (χ1) is 44.5. The van der Waals surface area contributed by atoms with Gasteiger partial charge in [0, 0.05) is 48.2 Å². The minimum absolute atomic E-state index is 0.0302. The van der Waals surface area contributed by atoms with Crippen molar-refractivity contribution >= 4 is 74.6 Å². The number of esters is 1. The fraction of sp³-hybridized carbons (Fsp3) is 0.388. The van der Waals surface area contributed by atoms with Gasteiger partial charge in [0.15, 0.2) is 0 Å². The summed E-state index contributed by atoms with van der Waals surface area (Å²) in [4.78, 5) is 122. The van der Waals surface area contributed by atoms with Crippen LogP contribution in [0, 0.1) is 6.92 Å². The molecule has 1 saturated heterocycles. The van der Waals surface area contributed by atoms with Gasteiger partial charge in [-0.3, -0.25) is 33.9 Å². The first kappa shape index (κ1) is 68.9. The Labute approximate surface area is 540 Å². The summed E-state index contributed by atoms with van der Waals surface area (Å²) in [6.07, 6.45) is -0.197. The fourth-order valence-electron chi connectivity index (χ4n) is 11.0. The molecule has 93 heavy (non-hydrogen) atoms. The molecule has 1 aromatic heterocycles. The number of nitrogens with two attached hydrogens (primary N) is 1. The van der Waals surface area contributed by atoms with E-state index in [0.29, 0.717) is 41.6 Å². The Bertz CT molecular complexity index is 3770. The molecule has 26 heteroatoms. The molecule has 10 N–H and O–H groups in total. The molecule has 5 aromatic carbocycles. The molecule has 8 rings (SSSR count). The lowest BCUT2D eigenvalue weighted by molar-refractivity contribution is -0.149. The smallest absolute Gasteiger partial charge is 0.411 e. The van der Waals surface area contributed by atoms with Crippen LogP contribution >= 0.6 is 0 Å². The van der Waals surface area contributed by atoms with E-state index < -0.39 is 112 Å². The zero-order valence-electron chi connectivity index (χ0n) is 52.6. The highest BCUT2D eigenvalue weighted by Gasteiger charge is 2.46. The number of benzene rings is 5. The van der Waals surface area contributed by atoms with E-state index >= 15 is 0 Å². The van der Waals surface area contributed by atoms with E-state index in [0.717, 1.165) is 22.0 Å². The van der Waals surface area contributed by atoms with Crippen molar-refractivity contribution in [1.29, 1.82) is 0 Å². The summed E-state index contributed by atoms with van der Waals surface area (Å²) in [7, 11) is -4.11. The Balaban J connectivity index is 0.951. The Morgan fingerprint density at radius 2 is 1.39 bits per heavy atom. The van der Waals surface area contributed by atoms with Gasteiger partial charge in [0.2, 0.25) is 35.5 Å². The number of phenols is 1. The minimum Gasteiger partial charge on any atom is -0.508 e. The Morgan fingerprint density at radius 3 is 2.08 bits per heavy atom. The van der Waals surface area contributed by atoms with Crippen molar-refractivity contribution in [3.63, 3.8) is 0 Å². The van der Waals surface area contributed by atoms with Crippen molar-refractivity contribution in [2.45, 2.75) is 146 Å². The molecule has 7 amide bonds. The Hall–Kier alpha value is -9.98. The molecule has 2 aliphatic rings. The van der Waals surface area contributed by atoms with Gasteiger partial charge in [-0.15, -0.1) is 0 Å². The van der Waals surface area contributed by atoms with Gasteiger partial charge in [-0.1, -0.05) is 115 Å². The van der Waals surface area contributed by atoms with Crippen molar-refractivity contribution in [1.82, 2.24) is 46.1 Å². The number of carbonyl (C=O) groups is 8. The molecule has 0 unspecified atom stereocenters. The van der Waals surface area contributed by atoms with Crippen LogP contribution < -0.4 is 37.0 Å². The lowest BCUT2D eigenvalue weighted by Crippen LogP contribution is -2.58. The summed E-state index contributed by atoms with van der Waals surface area (Å²) in [6.45, 7) is 7.71. The lowest BCUT2D eigenvalue weighted by Gasteiger charge is -2.41. The van der Waals surface area contributed by atoms with E-state index in [4.69, 9.17) is 19.9 Å². The number of aromatic hydroxyl groups is 1. The maximum Gasteiger partial charge on any atom is 0.411 e. The number of aromatic amines is 1. The van der Waals surface area contributed by atoms with Crippen LogP contribution in [0.15, 0.2) is 143 Å². The number of likely N-dealkylation sites (tertiary alicyclic amines) is 1. The van der Waals surface area contributed by atoms with Gasteiger partial charge in [-0.05, 0) is 121 Å². The van der Waals surface area contributed by atoms with Crippen molar-refractivity contribution in [2.75, 3.05) is 26.2 Å². The number of hydrogen-bond donors (Lipinski definition) is 9. The molecule has 0 saturated carbocycles. The molecule has 0 bridgehead atoms. The second kappa shape index (κ2) is 31.8. The summed E-state index contributed by atoms with van der Waals surface area (Å²) in [5.74, 6) is -5.02. The summed E-state index contributed by atoms with van der Waals surface area (Å²) < 4.78 is 45.2. The van der Waals surface area contributed by atoms with Gasteiger partial charge < -0.3 is 61.5 Å². The van der Waals surface area contributed by atoms with Crippen molar-refractivity contribution < 1.29 is 66.1 Å². The SMILES string of the molecule is Cc1ccc(S(=O)(=O)NC(N)=NCCC[C@H](NC(=O)CNC(=O)[C@@H]2Cc3c([nH]c4ccccc34)[C@@H](c3ccccc3O)N2C(=O)OC(C)(C)C)C(=O)N2CCC[C@H]2C(=O)N[C@@H](C)C(=O)N[C@@H](CCCCNC(=O)OCc2ccccc2)C(=O)OCc2ccccc2)cc1. The Kier molecular flexibility index (Phi) is 23.6. The van der Waals surface area contributed by atoms with Crippen LogP contribution in [0.25, 0.3) is 10.9 Å².